The molecule has 1 aliphatic heterocycles. The zero-order chi connectivity index (χ0) is 9.30. The maximum atomic E-state index is 12.8. The van der Waals surface area contributed by atoms with Crippen molar-refractivity contribution in [2.75, 3.05) is 27.7 Å². The Hall–Kier alpha value is -0.640. The monoisotopic (exact) mass is 174 g/mol. The van der Waals surface area contributed by atoms with Gasteiger partial charge in [0.1, 0.15) is 6.17 Å². The average Bonchev–Trinajstić information content (AvgIpc) is 2.28. The molecule has 1 aliphatic rings. The Labute approximate surface area is 72.1 Å². The van der Waals surface area contributed by atoms with E-state index in [1.165, 1.54) is 4.90 Å². The number of amides is 1. The Morgan fingerprint density at radius 3 is 2.50 bits per heavy atom. The lowest BCUT2D eigenvalue weighted by Crippen LogP contribution is -2.40. The number of hydrogen-bond donors (Lipinski definition) is 0. The third-order valence-corrected chi connectivity index (χ3v) is 2.22. The summed E-state index contributed by atoms with van der Waals surface area (Å²) in [6.07, 6.45) is -0.503. The van der Waals surface area contributed by atoms with Crippen molar-refractivity contribution in [1.29, 1.82) is 0 Å². The number of alkyl halides is 1. The highest BCUT2D eigenvalue weighted by molar-refractivity contribution is 5.81. The second-order valence-electron chi connectivity index (χ2n) is 3.52. The van der Waals surface area contributed by atoms with Crippen molar-refractivity contribution < 1.29 is 9.18 Å². The highest BCUT2D eigenvalue weighted by Gasteiger charge is 2.34. The van der Waals surface area contributed by atoms with Crippen molar-refractivity contribution in [3.8, 4) is 0 Å². The van der Waals surface area contributed by atoms with E-state index >= 15 is 0 Å². The number of likely N-dealkylation sites (tertiary alicyclic amines) is 1. The largest absolute Gasteiger partial charge is 0.347 e. The summed E-state index contributed by atoms with van der Waals surface area (Å²) in [6, 6.07) is -0.255. The lowest BCUT2D eigenvalue weighted by Gasteiger charge is -2.21. The van der Waals surface area contributed by atoms with E-state index in [2.05, 4.69) is 0 Å². The van der Waals surface area contributed by atoms with Gasteiger partial charge in [0.2, 0.25) is 5.91 Å². The lowest BCUT2D eigenvalue weighted by atomic mass is 10.2. The van der Waals surface area contributed by atoms with Gasteiger partial charge in [-0.15, -0.1) is 0 Å². The Kier molecular flexibility index (Phi) is 2.67. The van der Waals surface area contributed by atoms with Crippen LogP contribution in [0.15, 0.2) is 0 Å². The molecule has 0 aliphatic carbocycles. The minimum absolute atomic E-state index is 0.00218. The number of likely N-dealkylation sites (N-methyl/N-ethyl adjacent to an activating group) is 2. The summed E-state index contributed by atoms with van der Waals surface area (Å²) in [6.45, 7) is 0.379. The van der Waals surface area contributed by atoms with Crippen LogP contribution >= 0.6 is 0 Å². The van der Waals surface area contributed by atoms with Crippen LogP contribution < -0.4 is 0 Å². The molecule has 1 heterocycles. The van der Waals surface area contributed by atoms with E-state index in [1.54, 1.807) is 26.0 Å². The first-order valence-corrected chi connectivity index (χ1v) is 4.08. The zero-order valence-corrected chi connectivity index (χ0v) is 7.75. The van der Waals surface area contributed by atoms with E-state index in [1.807, 2.05) is 0 Å². The maximum absolute atomic E-state index is 12.8. The molecule has 0 saturated carbocycles. The van der Waals surface area contributed by atoms with E-state index in [-0.39, 0.29) is 11.9 Å². The van der Waals surface area contributed by atoms with Crippen molar-refractivity contribution in [2.24, 2.45) is 0 Å². The molecule has 0 spiro atoms. The van der Waals surface area contributed by atoms with Gasteiger partial charge < -0.3 is 4.90 Å². The summed E-state index contributed by atoms with van der Waals surface area (Å²) in [5.41, 5.74) is 0. The number of carbonyl (C=O) groups is 1. The fourth-order valence-corrected chi connectivity index (χ4v) is 1.52. The first-order valence-electron chi connectivity index (χ1n) is 4.08. The molecule has 1 saturated heterocycles. The van der Waals surface area contributed by atoms with Crippen molar-refractivity contribution >= 4 is 5.91 Å². The van der Waals surface area contributed by atoms with Gasteiger partial charge in [-0.05, 0) is 7.05 Å². The Morgan fingerprint density at radius 1 is 1.58 bits per heavy atom. The van der Waals surface area contributed by atoms with Crippen LogP contribution in [0.3, 0.4) is 0 Å². The molecule has 70 valence electrons. The summed E-state index contributed by atoms with van der Waals surface area (Å²) in [5, 5.41) is 0. The second-order valence-corrected chi connectivity index (χ2v) is 3.52. The maximum Gasteiger partial charge on any atom is 0.239 e. The number of hydrogen-bond acceptors (Lipinski definition) is 2. The molecule has 0 unspecified atom stereocenters. The summed E-state index contributed by atoms with van der Waals surface area (Å²) in [7, 11) is 5.18. The van der Waals surface area contributed by atoms with Gasteiger partial charge >= 0.3 is 0 Å². The predicted molar refractivity (Wildman–Crippen MR) is 44.6 cm³/mol. The topological polar surface area (TPSA) is 23.6 Å². The third-order valence-electron chi connectivity index (χ3n) is 2.22. The van der Waals surface area contributed by atoms with Crippen LogP contribution in [0.25, 0.3) is 0 Å². The van der Waals surface area contributed by atoms with E-state index in [0.29, 0.717) is 13.0 Å². The molecule has 0 aromatic rings. The van der Waals surface area contributed by atoms with E-state index in [0.717, 1.165) is 0 Å². The van der Waals surface area contributed by atoms with Crippen LogP contribution in [0.5, 0.6) is 0 Å². The quantitative estimate of drug-likeness (QED) is 0.563. The van der Waals surface area contributed by atoms with Crippen LogP contribution in [-0.4, -0.2) is 55.6 Å². The van der Waals surface area contributed by atoms with E-state index in [9.17, 15) is 9.18 Å². The first-order chi connectivity index (χ1) is 5.52. The normalized spacial score (nSPS) is 30.7. The van der Waals surface area contributed by atoms with Gasteiger partial charge in [0.15, 0.2) is 0 Å². The van der Waals surface area contributed by atoms with Gasteiger partial charge in [-0.3, -0.25) is 9.69 Å². The smallest absolute Gasteiger partial charge is 0.239 e. The molecular weight excluding hydrogens is 159 g/mol. The molecule has 0 aromatic carbocycles. The number of halogens is 1. The number of carbonyl (C=O) groups excluding carboxylic acids is 1. The van der Waals surface area contributed by atoms with Gasteiger partial charge in [-0.1, -0.05) is 0 Å². The zero-order valence-electron chi connectivity index (χ0n) is 7.75. The molecule has 1 fully saturated rings. The minimum atomic E-state index is -0.844. The first kappa shape index (κ1) is 9.45. The van der Waals surface area contributed by atoms with Crippen molar-refractivity contribution in [2.45, 2.75) is 18.6 Å². The van der Waals surface area contributed by atoms with E-state index < -0.39 is 6.17 Å². The molecule has 4 heteroatoms. The van der Waals surface area contributed by atoms with Gasteiger partial charge in [0, 0.05) is 27.1 Å². The molecular formula is C8H15FN2O. The summed E-state index contributed by atoms with van der Waals surface area (Å²) in [4.78, 5) is 14.7. The summed E-state index contributed by atoms with van der Waals surface area (Å²) < 4.78 is 12.8. The molecule has 1 rings (SSSR count). The SMILES string of the molecule is CN(C)C(=O)[C@@H]1C[C@H](F)CN1C. The van der Waals surface area contributed by atoms with E-state index in [4.69, 9.17) is 0 Å². The second kappa shape index (κ2) is 3.39. The van der Waals surface area contributed by atoms with Gasteiger partial charge in [0.05, 0.1) is 6.04 Å². The van der Waals surface area contributed by atoms with Crippen LogP contribution in [0.1, 0.15) is 6.42 Å². The van der Waals surface area contributed by atoms with Gasteiger partial charge in [0.25, 0.3) is 0 Å². The Balaban J connectivity index is 2.58. The summed E-state index contributed by atoms with van der Waals surface area (Å²) >= 11 is 0. The molecule has 0 bridgehead atoms. The van der Waals surface area contributed by atoms with Crippen LogP contribution in [-0.2, 0) is 4.79 Å². The van der Waals surface area contributed by atoms with Crippen LogP contribution in [0, 0.1) is 0 Å². The highest BCUT2D eigenvalue weighted by Crippen LogP contribution is 2.19. The molecule has 0 N–H and O–H groups in total. The lowest BCUT2D eigenvalue weighted by molar-refractivity contribution is -0.132. The molecule has 3 nitrogen and oxygen atoms in total. The highest BCUT2D eigenvalue weighted by atomic mass is 19.1. The van der Waals surface area contributed by atoms with Crippen LogP contribution in [0.2, 0.25) is 0 Å². The molecule has 1 amide bonds. The fraction of sp³-hybridized carbons (Fsp3) is 0.875. The Morgan fingerprint density at radius 2 is 2.17 bits per heavy atom. The summed E-state index contributed by atoms with van der Waals surface area (Å²) in [5.74, 6) is -0.00218. The number of nitrogens with zero attached hydrogens (tertiary/aromatic N) is 2. The third kappa shape index (κ3) is 1.75. The fourth-order valence-electron chi connectivity index (χ4n) is 1.52. The molecule has 2 atom stereocenters. The van der Waals surface area contributed by atoms with Gasteiger partial charge in [-0.25, -0.2) is 4.39 Å². The minimum Gasteiger partial charge on any atom is -0.347 e. The number of rotatable bonds is 1. The van der Waals surface area contributed by atoms with Crippen molar-refractivity contribution in [1.82, 2.24) is 9.80 Å². The molecule has 0 radical (unpaired) electrons. The predicted octanol–water partition coefficient (Wildman–Crippen LogP) is 0.117. The standard InChI is InChI=1S/C8H15FN2O/c1-10(2)8(12)7-4-6(9)5-11(7)3/h6-7H,4-5H2,1-3H3/t6-,7-/m0/s1. The van der Waals surface area contributed by atoms with Crippen LogP contribution in [0.4, 0.5) is 4.39 Å². The molecule has 0 aromatic heterocycles. The molecule has 12 heavy (non-hydrogen) atoms. The van der Waals surface area contributed by atoms with Crippen molar-refractivity contribution in [3.05, 3.63) is 0 Å². The Bertz CT molecular complexity index is 184. The van der Waals surface area contributed by atoms with Crippen molar-refractivity contribution in [3.63, 3.8) is 0 Å². The average molecular weight is 174 g/mol. The van der Waals surface area contributed by atoms with Gasteiger partial charge in [-0.2, -0.15) is 0 Å².